The average molecular weight is 424 g/mol. The van der Waals surface area contributed by atoms with E-state index in [-0.39, 0.29) is 11.7 Å². The number of anilines is 1. The van der Waals surface area contributed by atoms with Crippen molar-refractivity contribution >= 4 is 40.6 Å². The predicted octanol–water partition coefficient (Wildman–Crippen LogP) is 4.74. The van der Waals surface area contributed by atoms with Crippen LogP contribution in [0.15, 0.2) is 65.8 Å². The Morgan fingerprint density at radius 1 is 1.03 bits per heavy atom. The number of carbonyl (C=O) groups is 1. The number of amides is 1. The van der Waals surface area contributed by atoms with Gasteiger partial charge < -0.3 is 5.32 Å². The van der Waals surface area contributed by atoms with E-state index in [1.807, 2.05) is 60.7 Å². The molecule has 0 fully saturated rings. The van der Waals surface area contributed by atoms with Crippen LogP contribution in [-0.4, -0.2) is 31.5 Å². The zero-order valence-corrected chi connectivity index (χ0v) is 17.2. The summed E-state index contributed by atoms with van der Waals surface area (Å²) >= 11 is 7.25. The van der Waals surface area contributed by atoms with Crippen LogP contribution in [-0.2, 0) is 11.2 Å². The second-order valence-electron chi connectivity index (χ2n) is 6.37. The minimum atomic E-state index is -0.107. The maximum absolute atomic E-state index is 12.3. The molecule has 0 spiro atoms. The highest BCUT2D eigenvalue weighted by molar-refractivity contribution is 7.99. The van der Waals surface area contributed by atoms with Crippen molar-refractivity contribution in [3.05, 3.63) is 71.2 Å². The van der Waals surface area contributed by atoms with Gasteiger partial charge in [-0.2, -0.15) is 9.61 Å². The maximum atomic E-state index is 12.3. The smallest absolute Gasteiger partial charge is 0.234 e. The zero-order chi connectivity index (χ0) is 20.2. The van der Waals surface area contributed by atoms with Gasteiger partial charge in [-0.1, -0.05) is 54.6 Å². The number of fused-ring (bicyclic) bond motifs is 1. The van der Waals surface area contributed by atoms with Crippen molar-refractivity contribution in [2.24, 2.45) is 0 Å². The summed E-state index contributed by atoms with van der Waals surface area (Å²) in [5, 5.41) is 17.0. The first-order chi connectivity index (χ1) is 14.1. The lowest BCUT2D eigenvalue weighted by atomic mass is 10.1. The molecule has 0 saturated carbocycles. The number of hydrogen-bond acceptors (Lipinski definition) is 5. The third-order valence-corrected chi connectivity index (χ3v) is 5.52. The fraction of sp³-hybridized carbons (Fsp3) is 0.143. The fourth-order valence-corrected chi connectivity index (χ4v) is 3.60. The molecular formula is C21H18ClN5OS. The molecule has 29 heavy (non-hydrogen) atoms. The molecule has 6 nitrogen and oxygen atoms in total. The van der Waals surface area contributed by atoms with Crippen molar-refractivity contribution in [1.29, 1.82) is 0 Å². The molecule has 8 heteroatoms. The van der Waals surface area contributed by atoms with Gasteiger partial charge >= 0.3 is 0 Å². The molecule has 4 rings (SSSR count). The molecule has 1 amide bonds. The quantitative estimate of drug-likeness (QED) is 0.453. The molecule has 4 aromatic rings. The molecule has 0 aliphatic carbocycles. The van der Waals surface area contributed by atoms with Gasteiger partial charge in [-0.25, -0.2) is 0 Å². The van der Waals surface area contributed by atoms with Crippen LogP contribution in [0.25, 0.3) is 16.9 Å². The molecule has 0 atom stereocenters. The lowest BCUT2D eigenvalue weighted by molar-refractivity contribution is -0.113. The topological polar surface area (TPSA) is 72.2 Å². The zero-order valence-electron chi connectivity index (χ0n) is 15.7. The first-order valence-corrected chi connectivity index (χ1v) is 10.5. The van der Waals surface area contributed by atoms with Crippen LogP contribution in [0.2, 0.25) is 5.02 Å². The van der Waals surface area contributed by atoms with Crippen molar-refractivity contribution in [2.45, 2.75) is 18.5 Å². The summed E-state index contributed by atoms with van der Waals surface area (Å²) in [6.45, 7) is 2.10. The fourth-order valence-electron chi connectivity index (χ4n) is 2.78. The highest BCUT2D eigenvalue weighted by atomic mass is 35.5. The summed E-state index contributed by atoms with van der Waals surface area (Å²) in [5.74, 6) is 0.105. The van der Waals surface area contributed by atoms with Crippen LogP contribution < -0.4 is 5.32 Å². The summed E-state index contributed by atoms with van der Waals surface area (Å²) in [6.07, 6.45) is 0.967. The molecule has 0 radical (unpaired) electrons. The van der Waals surface area contributed by atoms with Gasteiger partial charge in [-0.3, -0.25) is 4.79 Å². The van der Waals surface area contributed by atoms with E-state index in [2.05, 4.69) is 27.5 Å². The molecule has 2 heterocycles. The Hall–Kier alpha value is -2.90. The number of aromatic nitrogens is 4. The number of nitrogens with zero attached hydrogens (tertiary/aromatic N) is 4. The highest BCUT2D eigenvalue weighted by Gasteiger charge is 2.12. The van der Waals surface area contributed by atoms with Gasteiger partial charge in [0.25, 0.3) is 0 Å². The third kappa shape index (κ3) is 4.58. The number of hydrogen-bond donors (Lipinski definition) is 1. The standard InChI is InChI=1S/C21H18ClN5OS/c1-2-14-3-9-17(10-4-14)23-20(28)13-29-21-25-24-19-12-11-18(26-27(19)21)15-5-7-16(22)8-6-15/h3-12H,2,13H2,1H3,(H,23,28). The van der Waals surface area contributed by atoms with Crippen LogP contribution >= 0.6 is 23.4 Å². The number of nitrogens with one attached hydrogen (secondary N) is 1. The molecule has 0 unspecified atom stereocenters. The van der Waals surface area contributed by atoms with Gasteiger partial charge in [0.05, 0.1) is 11.4 Å². The molecule has 1 N–H and O–H groups in total. The van der Waals surface area contributed by atoms with Crippen LogP contribution in [0.3, 0.4) is 0 Å². The van der Waals surface area contributed by atoms with E-state index < -0.39 is 0 Å². The lowest BCUT2D eigenvalue weighted by Crippen LogP contribution is -2.14. The molecule has 2 aromatic heterocycles. The summed E-state index contributed by atoms with van der Waals surface area (Å²) in [4.78, 5) is 12.3. The predicted molar refractivity (Wildman–Crippen MR) is 116 cm³/mol. The van der Waals surface area contributed by atoms with E-state index in [1.165, 1.54) is 17.3 Å². The Morgan fingerprint density at radius 2 is 1.79 bits per heavy atom. The van der Waals surface area contributed by atoms with E-state index in [1.54, 1.807) is 4.52 Å². The van der Waals surface area contributed by atoms with E-state index in [0.717, 1.165) is 23.4 Å². The van der Waals surface area contributed by atoms with Crippen molar-refractivity contribution < 1.29 is 4.79 Å². The summed E-state index contributed by atoms with van der Waals surface area (Å²) in [6, 6.07) is 19.0. The molecule has 0 aliphatic heterocycles. The summed E-state index contributed by atoms with van der Waals surface area (Å²) in [5.41, 5.74) is 4.35. The highest BCUT2D eigenvalue weighted by Crippen LogP contribution is 2.22. The number of carbonyl (C=O) groups excluding carboxylic acids is 1. The Balaban J connectivity index is 1.46. The number of benzene rings is 2. The van der Waals surface area contributed by atoms with Gasteiger partial charge in [0.15, 0.2) is 5.65 Å². The van der Waals surface area contributed by atoms with Crippen LogP contribution in [0.5, 0.6) is 0 Å². The van der Waals surface area contributed by atoms with Gasteiger partial charge in [0.1, 0.15) is 0 Å². The number of aryl methyl sites for hydroxylation is 1. The van der Waals surface area contributed by atoms with Gasteiger partial charge in [0, 0.05) is 16.3 Å². The van der Waals surface area contributed by atoms with Gasteiger partial charge in [-0.05, 0) is 48.4 Å². The largest absolute Gasteiger partial charge is 0.325 e. The van der Waals surface area contributed by atoms with Crippen LogP contribution in [0.1, 0.15) is 12.5 Å². The first-order valence-electron chi connectivity index (χ1n) is 9.12. The maximum Gasteiger partial charge on any atom is 0.234 e. The summed E-state index contributed by atoms with van der Waals surface area (Å²) < 4.78 is 1.65. The van der Waals surface area contributed by atoms with Crippen LogP contribution in [0.4, 0.5) is 5.69 Å². The molecule has 2 aromatic carbocycles. The Morgan fingerprint density at radius 3 is 2.52 bits per heavy atom. The molecule has 146 valence electrons. The number of halogens is 1. The Kier molecular flexibility index (Phi) is 5.78. The minimum Gasteiger partial charge on any atom is -0.325 e. The van der Waals surface area contributed by atoms with Crippen LogP contribution in [0, 0.1) is 0 Å². The third-order valence-electron chi connectivity index (χ3n) is 4.35. The Labute approximate surface area is 177 Å². The Bertz CT molecular complexity index is 1140. The van der Waals surface area contributed by atoms with Gasteiger partial charge in [-0.15, -0.1) is 10.2 Å². The second kappa shape index (κ2) is 8.63. The summed E-state index contributed by atoms with van der Waals surface area (Å²) in [7, 11) is 0. The van der Waals surface area contributed by atoms with Crippen molar-refractivity contribution in [2.75, 3.05) is 11.1 Å². The van der Waals surface area contributed by atoms with E-state index in [9.17, 15) is 4.79 Å². The lowest BCUT2D eigenvalue weighted by Gasteiger charge is -2.06. The van der Waals surface area contributed by atoms with Crippen molar-refractivity contribution in [3.63, 3.8) is 0 Å². The van der Waals surface area contributed by atoms with E-state index in [4.69, 9.17) is 11.6 Å². The molecular weight excluding hydrogens is 406 g/mol. The van der Waals surface area contributed by atoms with E-state index >= 15 is 0 Å². The first kappa shape index (κ1) is 19.4. The monoisotopic (exact) mass is 423 g/mol. The number of thioether (sulfide) groups is 1. The number of rotatable bonds is 6. The minimum absolute atomic E-state index is 0.107. The van der Waals surface area contributed by atoms with Crippen molar-refractivity contribution in [1.82, 2.24) is 19.8 Å². The SMILES string of the molecule is CCc1ccc(NC(=O)CSc2nnc3ccc(-c4ccc(Cl)cc4)nn23)cc1. The second-order valence-corrected chi connectivity index (χ2v) is 7.74. The average Bonchev–Trinajstić information content (AvgIpc) is 3.15. The van der Waals surface area contributed by atoms with Crippen molar-refractivity contribution in [3.8, 4) is 11.3 Å². The molecule has 0 aliphatic rings. The molecule has 0 saturated heterocycles. The van der Waals surface area contributed by atoms with E-state index in [0.29, 0.717) is 15.8 Å². The normalized spacial score (nSPS) is 11.0. The van der Waals surface area contributed by atoms with Gasteiger partial charge in [0.2, 0.25) is 11.1 Å². The molecule has 0 bridgehead atoms.